The standard InChI is InChI=1S/C20H18FOP/c21-15-16-22-19-13-7-8-14-20(19)23(17-9-3-1-4-10-17)18-11-5-2-6-12-18/h1-14H,15-16H2. The Kier molecular flexibility index (Phi) is 5.39. The summed E-state index contributed by atoms with van der Waals surface area (Å²) in [5, 5.41) is 3.63. The van der Waals surface area contributed by atoms with Crippen molar-refractivity contribution in [1.29, 1.82) is 0 Å². The third-order valence-corrected chi connectivity index (χ3v) is 5.95. The zero-order valence-corrected chi connectivity index (χ0v) is 13.6. The Morgan fingerprint density at radius 1 is 0.696 bits per heavy atom. The Labute approximate surface area is 137 Å². The van der Waals surface area contributed by atoms with Crippen LogP contribution in [-0.2, 0) is 0 Å². The highest BCUT2D eigenvalue weighted by Gasteiger charge is 2.19. The molecule has 0 aliphatic carbocycles. The van der Waals surface area contributed by atoms with Crippen LogP contribution in [0.5, 0.6) is 5.75 Å². The van der Waals surface area contributed by atoms with E-state index in [0.29, 0.717) is 0 Å². The number of alkyl halides is 1. The average molecular weight is 324 g/mol. The second-order valence-corrected chi connectivity index (χ2v) is 7.20. The van der Waals surface area contributed by atoms with E-state index in [0.717, 1.165) is 11.1 Å². The van der Waals surface area contributed by atoms with Gasteiger partial charge in [0.1, 0.15) is 19.0 Å². The fourth-order valence-electron chi connectivity index (χ4n) is 2.49. The van der Waals surface area contributed by atoms with Crippen molar-refractivity contribution >= 4 is 23.8 Å². The molecule has 0 N–H and O–H groups in total. The minimum atomic E-state index is -0.731. The lowest BCUT2D eigenvalue weighted by atomic mass is 10.3. The number of halogens is 1. The molecule has 3 aromatic carbocycles. The lowest BCUT2D eigenvalue weighted by molar-refractivity contribution is 0.275. The van der Waals surface area contributed by atoms with Gasteiger partial charge >= 0.3 is 0 Å². The van der Waals surface area contributed by atoms with Crippen LogP contribution in [0, 0.1) is 0 Å². The summed E-state index contributed by atoms with van der Waals surface area (Å²) in [5.74, 6) is 0.768. The maximum Gasteiger partial charge on any atom is 0.127 e. The topological polar surface area (TPSA) is 9.23 Å². The second-order valence-electron chi connectivity index (χ2n) is 5.01. The van der Waals surface area contributed by atoms with Crippen LogP contribution < -0.4 is 20.7 Å². The van der Waals surface area contributed by atoms with Gasteiger partial charge in [-0.1, -0.05) is 78.9 Å². The first-order valence-corrected chi connectivity index (χ1v) is 8.92. The van der Waals surface area contributed by atoms with E-state index in [1.807, 2.05) is 30.3 Å². The van der Waals surface area contributed by atoms with Crippen LogP contribution in [0.4, 0.5) is 4.39 Å². The molecule has 0 radical (unpaired) electrons. The zero-order valence-electron chi connectivity index (χ0n) is 12.7. The zero-order chi connectivity index (χ0) is 15.9. The van der Waals surface area contributed by atoms with Gasteiger partial charge in [0.2, 0.25) is 0 Å². The van der Waals surface area contributed by atoms with Gasteiger partial charge in [0.15, 0.2) is 0 Å². The molecule has 0 amide bonds. The van der Waals surface area contributed by atoms with Crippen LogP contribution in [0.1, 0.15) is 0 Å². The van der Waals surface area contributed by atoms with Crippen molar-refractivity contribution in [2.24, 2.45) is 0 Å². The minimum absolute atomic E-state index is 0.0871. The third-order valence-electron chi connectivity index (χ3n) is 3.47. The molecule has 0 aliphatic rings. The SMILES string of the molecule is FCCOc1ccccc1P(c1ccccc1)c1ccccc1. The smallest absolute Gasteiger partial charge is 0.127 e. The van der Waals surface area contributed by atoms with Crippen LogP contribution >= 0.6 is 7.92 Å². The summed E-state index contributed by atoms with van der Waals surface area (Å²) in [6, 6.07) is 28.8. The van der Waals surface area contributed by atoms with Gasteiger partial charge < -0.3 is 4.74 Å². The molecular formula is C20H18FOP. The normalized spacial score (nSPS) is 10.7. The van der Waals surface area contributed by atoms with Crippen molar-refractivity contribution in [3.8, 4) is 5.75 Å². The third kappa shape index (κ3) is 3.78. The molecule has 0 aliphatic heterocycles. The maximum absolute atomic E-state index is 12.5. The molecule has 0 fully saturated rings. The predicted molar refractivity (Wildman–Crippen MR) is 96.6 cm³/mol. The van der Waals surface area contributed by atoms with Crippen LogP contribution in [-0.4, -0.2) is 13.3 Å². The van der Waals surface area contributed by atoms with E-state index in [1.165, 1.54) is 10.6 Å². The van der Waals surface area contributed by atoms with Crippen molar-refractivity contribution in [3.63, 3.8) is 0 Å². The molecular weight excluding hydrogens is 306 g/mol. The van der Waals surface area contributed by atoms with E-state index in [1.54, 1.807) is 0 Å². The van der Waals surface area contributed by atoms with E-state index in [2.05, 4.69) is 54.6 Å². The van der Waals surface area contributed by atoms with E-state index >= 15 is 0 Å². The summed E-state index contributed by atoms with van der Waals surface area (Å²) in [6.07, 6.45) is 0. The Hall–Kier alpha value is -2.18. The molecule has 0 heterocycles. The van der Waals surface area contributed by atoms with E-state index in [-0.39, 0.29) is 6.61 Å². The van der Waals surface area contributed by atoms with Gasteiger partial charge in [-0.2, -0.15) is 0 Å². The van der Waals surface area contributed by atoms with E-state index in [9.17, 15) is 4.39 Å². The van der Waals surface area contributed by atoms with Gasteiger partial charge in [-0.3, -0.25) is 0 Å². The van der Waals surface area contributed by atoms with Crippen LogP contribution in [0.3, 0.4) is 0 Å². The van der Waals surface area contributed by atoms with Gasteiger partial charge in [-0.15, -0.1) is 0 Å². The van der Waals surface area contributed by atoms with Gasteiger partial charge in [0.05, 0.1) is 0 Å². The summed E-state index contributed by atoms with van der Waals surface area (Å²) in [4.78, 5) is 0. The Balaban J connectivity index is 2.10. The van der Waals surface area contributed by atoms with Crippen molar-refractivity contribution in [3.05, 3.63) is 84.9 Å². The quantitative estimate of drug-likeness (QED) is 0.627. The second kappa shape index (κ2) is 7.89. The van der Waals surface area contributed by atoms with Crippen molar-refractivity contribution in [1.82, 2.24) is 0 Å². The van der Waals surface area contributed by atoms with Crippen LogP contribution in [0.15, 0.2) is 84.9 Å². The molecule has 23 heavy (non-hydrogen) atoms. The largest absolute Gasteiger partial charge is 0.490 e. The fourth-order valence-corrected chi connectivity index (χ4v) is 4.88. The molecule has 0 unspecified atom stereocenters. The van der Waals surface area contributed by atoms with E-state index < -0.39 is 14.6 Å². The lowest BCUT2D eigenvalue weighted by Gasteiger charge is -2.22. The molecule has 116 valence electrons. The van der Waals surface area contributed by atoms with Crippen molar-refractivity contribution < 1.29 is 9.13 Å². The number of benzene rings is 3. The summed E-state index contributed by atoms with van der Waals surface area (Å²) in [7, 11) is -0.731. The van der Waals surface area contributed by atoms with Gasteiger partial charge in [0.25, 0.3) is 0 Å². The summed E-state index contributed by atoms with van der Waals surface area (Å²) in [5.41, 5.74) is 0. The first kappa shape index (κ1) is 15.7. The summed E-state index contributed by atoms with van der Waals surface area (Å²) in [6.45, 7) is -0.396. The predicted octanol–water partition coefficient (Wildman–Crippen LogP) is 3.79. The molecule has 3 aromatic rings. The number of hydrogen-bond acceptors (Lipinski definition) is 1. The summed E-state index contributed by atoms with van der Waals surface area (Å²) < 4.78 is 18.2. The first-order chi connectivity index (χ1) is 11.4. The van der Waals surface area contributed by atoms with Crippen LogP contribution in [0.2, 0.25) is 0 Å². The molecule has 0 saturated heterocycles. The molecule has 0 saturated carbocycles. The lowest BCUT2D eigenvalue weighted by Crippen LogP contribution is -2.22. The van der Waals surface area contributed by atoms with Crippen molar-refractivity contribution in [2.45, 2.75) is 0 Å². The van der Waals surface area contributed by atoms with Crippen LogP contribution in [0.25, 0.3) is 0 Å². The molecule has 3 rings (SSSR count). The molecule has 0 aromatic heterocycles. The summed E-state index contributed by atoms with van der Waals surface area (Å²) >= 11 is 0. The van der Waals surface area contributed by atoms with E-state index in [4.69, 9.17) is 4.74 Å². The number of rotatable bonds is 6. The molecule has 1 nitrogen and oxygen atoms in total. The molecule has 0 atom stereocenters. The molecule has 0 spiro atoms. The number of para-hydroxylation sites is 1. The highest BCUT2D eigenvalue weighted by molar-refractivity contribution is 7.80. The first-order valence-electron chi connectivity index (χ1n) is 7.58. The van der Waals surface area contributed by atoms with Gasteiger partial charge in [-0.05, 0) is 24.6 Å². The highest BCUT2D eigenvalue weighted by atomic mass is 31.1. The molecule has 3 heteroatoms. The minimum Gasteiger partial charge on any atom is -0.490 e. The Bertz CT molecular complexity index is 691. The van der Waals surface area contributed by atoms with Gasteiger partial charge in [-0.25, -0.2) is 4.39 Å². The highest BCUT2D eigenvalue weighted by Crippen LogP contribution is 2.36. The fraction of sp³-hybridized carbons (Fsp3) is 0.100. The van der Waals surface area contributed by atoms with Gasteiger partial charge in [0, 0.05) is 5.30 Å². The number of ether oxygens (including phenoxy) is 1. The molecule has 0 bridgehead atoms. The Morgan fingerprint density at radius 3 is 1.78 bits per heavy atom. The van der Waals surface area contributed by atoms with Crippen molar-refractivity contribution in [2.75, 3.05) is 13.3 Å². The number of hydrogen-bond donors (Lipinski definition) is 0. The monoisotopic (exact) mass is 324 g/mol. The maximum atomic E-state index is 12.5. The Morgan fingerprint density at radius 2 is 1.22 bits per heavy atom. The average Bonchev–Trinajstić information content (AvgIpc) is 2.63.